The molecule has 2 aromatic rings. The van der Waals surface area contributed by atoms with Gasteiger partial charge in [-0.2, -0.15) is 0 Å². The van der Waals surface area contributed by atoms with Crippen molar-refractivity contribution in [1.82, 2.24) is 15.8 Å². The van der Waals surface area contributed by atoms with Crippen molar-refractivity contribution in [2.45, 2.75) is 32.6 Å². The standard InChI is InChI=1S/C25H25N3O5S2/c1-16-7-4-5-8-18(16)23(30)27-26-22(29)9-3-2-6-12-28-24(31)21(35-25(28)34)14-17-10-11-19-20(13-17)33-15-32-19/h4-5,7-8,10-11,13-14H,2-3,6,9,12,15H2,1H3,(H,26,29)(H,27,30). The minimum atomic E-state index is -0.348. The number of thioether (sulfide) groups is 1. The zero-order valence-electron chi connectivity index (χ0n) is 19.2. The molecular formula is C25H25N3O5S2. The van der Waals surface area contributed by atoms with Gasteiger partial charge in [-0.05, 0) is 55.2 Å². The molecule has 0 unspecified atom stereocenters. The Balaban J connectivity index is 1.17. The van der Waals surface area contributed by atoms with Gasteiger partial charge in [-0.25, -0.2) is 0 Å². The smallest absolute Gasteiger partial charge is 0.269 e. The molecule has 0 atom stereocenters. The van der Waals surface area contributed by atoms with Gasteiger partial charge in [0.25, 0.3) is 11.8 Å². The molecule has 10 heteroatoms. The summed E-state index contributed by atoms with van der Waals surface area (Å²) in [5.74, 6) is 0.628. The number of carbonyl (C=O) groups is 3. The van der Waals surface area contributed by atoms with E-state index in [0.29, 0.717) is 45.7 Å². The van der Waals surface area contributed by atoms with Crippen LogP contribution < -0.4 is 20.3 Å². The van der Waals surface area contributed by atoms with Crippen molar-refractivity contribution in [2.24, 2.45) is 0 Å². The van der Waals surface area contributed by atoms with Crippen LogP contribution in [0.5, 0.6) is 11.5 Å². The second-order valence-electron chi connectivity index (χ2n) is 8.07. The number of hydrazine groups is 1. The lowest BCUT2D eigenvalue weighted by atomic mass is 10.1. The number of benzene rings is 2. The third-order valence-corrected chi connectivity index (χ3v) is 6.94. The van der Waals surface area contributed by atoms with Crippen molar-refractivity contribution in [3.8, 4) is 11.5 Å². The molecule has 0 saturated carbocycles. The molecule has 182 valence electrons. The highest BCUT2D eigenvalue weighted by atomic mass is 32.2. The molecule has 2 aromatic carbocycles. The van der Waals surface area contributed by atoms with E-state index in [1.807, 2.05) is 37.3 Å². The first-order chi connectivity index (χ1) is 16.9. The maximum Gasteiger partial charge on any atom is 0.269 e. The maximum absolute atomic E-state index is 12.8. The number of unbranched alkanes of at least 4 members (excludes halogenated alkanes) is 2. The van der Waals surface area contributed by atoms with Crippen LogP contribution in [-0.4, -0.2) is 40.3 Å². The van der Waals surface area contributed by atoms with Gasteiger partial charge in [0.2, 0.25) is 12.7 Å². The number of nitrogens with zero attached hydrogens (tertiary/aromatic N) is 1. The Bertz CT molecular complexity index is 1200. The van der Waals surface area contributed by atoms with E-state index in [-0.39, 0.29) is 30.9 Å². The number of fused-ring (bicyclic) bond motifs is 1. The van der Waals surface area contributed by atoms with E-state index in [0.717, 1.165) is 17.5 Å². The lowest BCUT2D eigenvalue weighted by Gasteiger charge is -2.14. The molecule has 2 aliphatic heterocycles. The summed E-state index contributed by atoms with van der Waals surface area (Å²) < 4.78 is 11.2. The number of hydrogen-bond acceptors (Lipinski definition) is 7. The van der Waals surface area contributed by atoms with Crippen molar-refractivity contribution in [1.29, 1.82) is 0 Å². The van der Waals surface area contributed by atoms with E-state index in [1.54, 1.807) is 23.1 Å². The van der Waals surface area contributed by atoms with E-state index in [1.165, 1.54) is 11.8 Å². The summed E-state index contributed by atoms with van der Waals surface area (Å²) in [6.07, 6.45) is 4.17. The third-order valence-electron chi connectivity index (χ3n) is 5.56. The summed E-state index contributed by atoms with van der Waals surface area (Å²) in [5, 5.41) is 0. The lowest BCUT2D eigenvalue weighted by molar-refractivity contribution is -0.123. The van der Waals surface area contributed by atoms with Gasteiger partial charge in [0.15, 0.2) is 11.5 Å². The Morgan fingerprint density at radius 1 is 1.09 bits per heavy atom. The molecule has 35 heavy (non-hydrogen) atoms. The molecule has 1 saturated heterocycles. The van der Waals surface area contributed by atoms with E-state index in [4.69, 9.17) is 21.7 Å². The van der Waals surface area contributed by atoms with E-state index >= 15 is 0 Å². The molecule has 0 aromatic heterocycles. The van der Waals surface area contributed by atoms with E-state index < -0.39 is 0 Å². The SMILES string of the molecule is Cc1ccccc1C(=O)NNC(=O)CCCCCN1C(=O)C(=Cc2ccc3c(c2)OCO3)SC1=S. The average molecular weight is 512 g/mol. The molecular weight excluding hydrogens is 486 g/mol. The van der Waals surface area contributed by atoms with Crippen LogP contribution in [0, 0.1) is 6.92 Å². The monoisotopic (exact) mass is 511 g/mol. The van der Waals surface area contributed by atoms with Crippen molar-refractivity contribution in [3.05, 3.63) is 64.1 Å². The Hall–Kier alpha value is -3.37. The largest absolute Gasteiger partial charge is 0.454 e. The van der Waals surface area contributed by atoms with E-state index in [2.05, 4.69) is 10.9 Å². The van der Waals surface area contributed by atoms with Gasteiger partial charge in [-0.1, -0.05) is 54.7 Å². The number of carbonyl (C=O) groups excluding carboxylic acids is 3. The summed E-state index contributed by atoms with van der Waals surface area (Å²) in [6, 6.07) is 12.7. The number of rotatable bonds is 8. The highest BCUT2D eigenvalue weighted by molar-refractivity contribution is 8.26. The van der Waals surface area contributed by atoms with Crippen LogP contribution in [0.15, 0.2) is 47.4 Å². The fourth-order valence-corrected chi connectivity index (χ4v) is 4.97. The average Bonchev–Trinajstić information content (AvgIpc) is 3.41. The van der Waals surface area contributed by atoms with E-state index in [9.17, 15) is 14.4 Å². The quantitative estimate of drug-likeness (QED) is 0.240. The molecule has 8 nitrogen and oxygen atoms in total. The summed E-state index contributed by atoms with van der Waals surface area (Å²) in [6.45, 7) is 2.53. The first-order valence-electron chi connectivity index (χ1n) is 11.2. The molecule has 2 heterocycles. The molecule has 2 aliphatic rings. The molecule has 3 amide bonds. The Kier molecular flexibility index (Phi) is 8.04. The molecule has 0 bridgehead atoms. The zero-order chi connectivity index (χ0) is 24.8. The van der Waals surface area contributed by atoms with Crippen LogP contribution in [0.25, 0.3) is 6.08 Å². The first-order valence-corrected chi connectivity index (χ1v) is 12.4. The van der Waals surface area contributed by atoms with Gasteiger partial charge in [0.1, 0.15) is 4.32 Å². The minimum Gasteiger partial charge on any atom is -0.454 e. The number of aryl methyl sites for hydroxylation is 1. The molecule has 4 rings (SSSR count). The van der Waals surface area contributed by atoms with Crippen LogP contribution in [0.2, 0.25) is 0 Å². The highest BCUT2D eigenvalue weighted by Crippen LogP contribution is 2.36. The topological polar surface area (TPSA) is 97.0 Å². The predicted molar refractivity (Wildman–Crippen MR) is 138 cm³/mol. The molecule has 0 radical (unpaired) electrons. The van der Waals surface area contributed by atoms with Crippen molar-refractivity contribution in [2.75, 3.05) is 13.3 Å². The number of ether oxygens (including phenoxy) is 2. The number of nitrogens with one attached hydrogen (secondary N) is 2. The third kappa shape index (κ3) is 6.20. The Morgan fingerprint density at radius 2 is 1.89 bits per heavy atom. The minimum absolute atomic E-state index is 0.116. The fraction of sp³-hybridized carbons (Fsp3) is 0.280. The van der Waals surface area contributed by atoms with Crippen LogP contribution in [-0.2, 0) is 9.59 Å². The number of hydrogen-bond donors (Lipinski definition) is 2. The molecule has 1 fully saturated rings. The van der Waals surface area contributed by atoms with Crippen molar-refractivity contribution >= 4 is 52.1 Å². The summed E-state index contributed by atoms with van der Waals surface area (Å²) in [4.78, 5) is 39.2. The van der Waals surface area contributed by atoms with Crippen LogP contribution >= 0.6 is 24.0 Å². The normalized spacial score (nSPS) is 15.6. The predicted octanol–water partition coefficient (Wildman–Crippen LogP) is 3.95. The maximum atomic E-state index is 12.8. The fourth-order valence-electron chi connectivity index (χ4n) is 3.66. The molecule has 0 aliphatic carbocycles. The highest BCUT2D eigenvalue weighted by Gasteiger charge is 2.31. The number of amides is 3. The summed E-state index contributed by atoms with van der Waals surface area (Å²) in [7, 11) is 0. The lowest BCUT2D eigenvalue weighted by Crippen LogP contribution is -2.41. The van der Waals surface area contributed by atoms with Crippen molar-refractivity contribution in [3.63, 3.8) is 0 Å². The summed E-state index contributed by atoms with van der Waals surface area (Å²) >= 11 is 6.68. The molecule has 0 spiro atoms. The van der Waals surface area contributed by atoms with Gasteiger partial charge in [0, 0.05) is 18.5 Å². The van der Waals surface area contributed by atoms with Gasteiger partial charge in [-0.15, -0.1) is 0 Å². The second kappa shape index (κ2) is 11.4. The Morgan fingerprint density at radius 3 is 2.71 bits per heavy atom. The van der Waals surface area contributed by atoms with Crippen LogP contribution in [0.3, 0.4) is 0 Å². The second-order valence-corrected chi connectivity index (χ2v) is 9.75. The number of thiocarbonyl (C=S) groups is 1. The van der Waals surface area contributed by atoms with Crippen LogP contribution in [0.1, 0.15) is 47.2 Å². The van der Waals surface area contributed by atoms with Gasteiger partial charge in [-0.3, -0.25) is 30.1 Å². The van der Waals surface area contributed by atoms with Crippen LogP contribution in [0.4, 0.5) is 0 Å². The zero-order valence-corrected chi connectivity index (χ0v) is 20.8. The van der Waals surface area contributed by atoms with Gasteiger partial charge in [0.05, 0.1) is 4.91 Å². The van der Waals surface area contributed by atoms with Crippen molar-refractivity contribution < 1.29 is 23.9 Å². The molecule has 2 N–H and O–H groups in total. The van der Waals surface area contributed by atoms with Gasteiger partial charge >= 0.3 is 0 Å². The Labute approximate surface area is 213 Å². The summed E-state index contributed by atoms with van der Waals surface area (Å²) in [5.41, 5.74) is 7.08. The van der Waals surface area contributed by atoms with Gasteiger partial charge < -0.3 is 9.47 Å². The first kappa shape index (κ1) is 24.7.